The van der Waals surface area contributed by atoms with E-state index < -0.39 is 0 Å². The van der Waals surface area contributed by atoms with Crippen molar-refractivity contribution in [1.82, 2.24) is 4.90 Å². The van der Waals surface area contributed by atoms with Crippen molar-refractivity contribution in [3.05, 3.63) is 20.8 Å². The van der Waals surface area contributed by atoms with Crippen LogP contribution in [-0.4, -0.2) is 37.2 Å². The fourth-order valence-corrected chi connectivity index (χ4v) is 3.80. The van der Waals surface area contributed by atoms with Crippen molar-refractivity contribution >= 4 is 27.3 Å². The highest BCUT2D eigenvalue weighted by atomic mass is 79.9. The van der Waals surface area contributed by atoms with Crippen molar-refractivity contribution in [3.8, 4) is 0 Å². The molecule has 2 N–H and O–H groups in total. The van der Waals surface area contributed by atoms with Crippen LogP contribution in [0.1, 0.15) is 17.8 Å². The Labute approximate surface area is 109 Å². The van der Waals surface area contributed by atoms with Crippen LogP contribution in [0, 0.1) is 0 Å². The summed E-state index contributed by atoms with van der Waals surface area (Å²) in [6, 6.07) is 4.58. The molecule has 16 heavy (non-hydrogen) atoms. The highest BCUT2D eigenvalue weighted by molar-refractivity contribution is 9.11. The lowest BCUT2D eigenvalue weighted by molar-refractivity contribution is -0.0646. The number of nitrogens with zero attached hydrogens (tertiary/aromatic N) is 1. The van der Waals surface area contributed by atoms with Crippen LogP contribution in [0.3, 0.4) is 0 Å². The van der Waals surface area contributed by atoms with Crippen molar-refractivity contribution in [2.24, 2.45) is 5.73 Å². The molecule has 2 unspecified atom stereocenters. The molecule has 1 saturated heterocycles. The predicted molar refractivity (Wildman–Crippen MR) is 70.8 cm³/mol. The topological polar surface area (TPSA) is 38.5 Å². The lowest BCUT2D eigenvalue weighted by Gasteiger charge is -2.39. The third-order valence-corrected chi connectivity index (χ3v) is 4.67. The zero-order chi connectivity index (χ0) is 11.5. The van der Waals surface area contributed by atoms with Gasteiger partial charge in [0.05, 0.1) is 22.5 Å². The first-order valence-electron chi connectivity index (χ1n) is 5.57. The number of halogens is 1. The molecule has 0 spiro atoms. The van der Waals surface area contributed by atoms with Gasteiger partial charge in [-0.15, -0.1) is 11.3 Å². The monoisotopic (exact) mass is 304 g/mol. The normalized spacial score (nSPS) is 27.2. The first kappa shape index (κ1) is 12.5. The molecule has 5 heteroatoms. The molecule has 2 heterocycles. The van der Waals surface area contributed by atoms with E-state index in [0.29, 0.717) is 12.6 Å². The second-order valence-corrected chi connectivity index (χ2v) is 6.35. The first-order valence-corrected chi connectivity index (χ1v) is 7.18. The summed E-state index contributed by atoms with van der Waals surface area (Å²) in [5, 5.41) is 0. The van der Waals surface area contributed by atoms with E-state index in [0.717, 1.165) is 19.7 Å². The van der Waals surface area contributed by atoms with Crippen molar-refractivity contribution < 1.29 is 4.74 Å². The van der Waals surface area contributed by atoms with Crippen molar-refractivity contribution in [2.45, 2.75) is 19.1 Å². The maximum Gasteiger partial charge on any atom is 0.0902 e. The molecule has 0 aliphatic carbocycles. The maximum atomic E-state index is 5.80. The Kier molecular flexibility index (Phi) is 4.38. The summed E-state index contributed by atoms with van der Waals surface area (Å²) in [6.45, 7) is 5.59. The number of likely N-dealkylation sites (N-methyl/N-ethyl adjacent to an activating group) is 1. The van der Waals surface area contributed by atoms with Crippen molar-refractivity contribution in [3.63, 3.8) is 0 Å². The van der Waals surface area contributed by atoms with Crippen LogP contribution in [-0.2, 0) is 4.74 Å². The molecule has 2 atom stereocenters. The van der Waals surface area contributed by atoms with Gasteiger partial charge >= 0.3 is 0 Å². The quantitative estimate of drug-likeness (QED) is 0.931. The lowest BCUT2D eigenvalue weighted by Crippen LogP contribution is -2.47. The van der Waals surface area contributed by atoms with Crippen molar-refractivity contribution in [1.29, 1.82) is 0 Å². The number of ether oxygens (including phenoxy) is 1. The van der Waals surface area contributed by atoms with Gasteiger partial charge in [0.1, 0.15) is 0 Å². The molecule has 1 aliphatic heterocycles. The number of nitrogens with two attached hydrogens (primary N) is 1. The zero-order valence-corrected chi connectivity index (χ0v) is 11.8. The Morgan fingerprint density at radius 3 is 3.00 bits per heavy atom. The molecule has 1 aromatic rings. The number of hydrogen-bond donors (Lipinski definition) is 1. The minimum Gasteiger partial charge on any atom is -0.374 e. The van der Waals surface area contributed by atoms with E-state index in [9.17, 15) is 0 Å². The minimum atomic E-state index is 0.124. The maximum absolute atomic E-state index is 5.80. The van der Waals surface area contributed by atoms with Gasteiger partial charge in [-0.05, 0) is 34.6 Å². The third kappa shape index (κ3) is 2.49. The second-order valence-electron chi connectivity index (χ2n) is 3.86. The van der Waals surface area contributed by atoms with E-state index >= 15 is 0 Å². The van der Waals surface area contributed by atoms with Gasteiger partial charge in [-0.2, -0.15) is 0 Å². The second kappa shape index (κ2) is 5.60. The Balaban J connectivity index is 2.24. The molecule has 2 rings (SSSR count). The summed E-state index contributed by atoms with van der Waals surface area (Å²) in [5.41, 5.74) is 5.80. The molecular weight excluding hydrogens is 288 g/mol. The van der Waals surface area contributed by atoms with Crippen LogP contribution < -0.4 is 5.73 Å². The molecule has 1 fully saturated rings. The van der Waals surface area contributed by atoms with Gasteiger partial charge in [0.2, 0.25) is 0 Å². The number of thiophene rings is 1. The number of morpholine rings is 1. The van der Waals surface area contributed by atoms with Crippen LogP contribution in [0.2, 0.25) is 0 Å². The standard InChI is InChI=1S/C11H17BrN2OS/c1-2-14-5-6-15-8(7-13)11(14)9-3-4-10(12)16-9/h3-4,8,11H,2,5-7,13H2,1H3. The average molecular weight is 305 g/mol. The first-order chi connectivity index (χ1) is 7.76. The van der Waals surface area contributed by atoms with E-state index in [1.807, 2.05) is 0 Å². The van der Waals surface area contributed by atoms with Gasteiger partial charge in [-0.1, -0.05) is 6.92 Å². The molecular formula is C11H17BrN2OS. The summed E-state index contributed by atoms with van der Waals surface area (Å²) in [4.78, 5) is 3.78. The Morgan fingerprint density at radius 2 is 2.44 bits per heavy atom. The van der Waals surface area contributed by atoms with Gasteiger partial charge in [0.15, 0.2) is 0 Å². The van der Waals surface area contributed by atoms with Gasteiger partial charge in [-0.3, -0.25) is 4.90 Å². The summed E-state index contributed by atoms with van der Waals surface area (Å²) >= 11 is 5.28. The average Bonchev–Trinajstić information content (AvgIpc) is 2.74. The highest BCUT2D eigenvalue weighted by Gasteiger charge is 2.32. The van der Waals surface area contributed by atoms with Gasteiger partial charge in [0.25, 0.3) is 0 Å². The SMILES string of the molecule is CCN1CCOC(CN)C1c1ccc(Br)s1. The minimum absolute atomic E-state index is 0.124. The van der Waals surface area contributed by atoms with Crippen LogP contribution in [0.5, 0.6) is 0 Å². The van der Waals surface area contributed by atoms with E-state index in [4.69, 9.17) is 10.5 Å². The number of hydrogen-bond acceptors (Lipinski definition) is 4. The molecule has 0 bridgehead atoms. The van der Waals surface area contributed by atoms with Crippen LogP contribution in [0.15, 0.2) is 15.9 Å². The predicted octanol–water partition coefficient (Wildman–Crippen LogP) is 2.23. The fraction of sp³-hybridized carbons (Fsp3) is 0.636. The molecule has 0 amide bonds. The molecule has 0 radical (unpaired) electrons. The van der Waals surface area contributed by atoms with Gasteiger partial charge < -0.3 is 10.5 Å². The Morgan fingerprint density at radius 1 is 1.62 bits per heavy atom. The molecule has 0 saturated carbocycles. The summed E-state index contributed by atoms with van der Waals surface area (Å²) < 4.78 is 6.93. The van der Waals surface area contributed by atoms with E-state index in [2.05, 4.69) is 39.9 Å². The molecule has 1 aliphatic rings. The van der Waals surface area contributed by atoms with Gasteiger partial charge in [-0.25, -0.2) is 0 Å². The Hall–Kier alpha value is 0.0600. The van der Waals surface area contributed by atoms with Gasteiger partial charge in [0, 0.05) is 18.0 Å². The molecule has 90 valence electrons. The molecule has 0 aromatic carbocycles. The fourth-order valence-electron chi connectivity index (χ4n) is 2.19. The van der Waals surface area contributed by atoms with E-state index in [-0.39, 0.29) is 6.10 Å². The summed E-state index contributed by atoms with van der Waals surface area (Å²) in [6.07, 6.45) is 0.124. The number of rotatable bonds is 3. The highest BCUT2D eigenvalue weighted by Crippen LogP contribution is 2.35. The van der Waals surface area contributed by atoms with Crippen LogP contribution >= 0.6 is 27.3 Å². The van der Waals surface area contributed by atoms with Crippen LogP contribution in [0.25, 0.3) is 0 Å². The summed E-state index contributed by atoms with van der Waals surface area (Å²) in [5.74, 6) is 0. The Bertz CT molecular complexity index is 332. The van der Waals surface area contributed by atoms with Crippen LogP contribution in [0.4, 0.5) is 0 Å². The largest absolute Gasteiger partial charge is 0.374 e. The third-order valence-electron chi connectivity index (χ3n) is 2.98. The van der Waals surface area contributed by atoms with E-state index in [1.165, 1.54) is 8.66 Å². The molecule has 3 nitrogen and oxygen atoms in total. The molecule has 1 aromatic heterocycles. The zero-order valence-electron chi connectivity index (χ0n) is 9.36. The van der Waals surface area contributed by atoms with E-state index in [1.54, 1.807) is 11.3 Å². The smallest absolute Gasteiger partial charge is 0.0902 e. The summed E-state index contributed by atoms with van der Waals surface area (Å²) in [7, 11) is 0. The lowest BCUT2D eigenvalue weighted by atomic mass is 10.1. The van der Waals surface area contributed by atoms with Crippen molar-refractivity contribution in [2.75, 3.05) is 26.2 Å².